The Hall–Kier alpha value is -0.480. The van der Waals surface area contributed by atoms with Crippen molar-refractivity contribution >= 4 is 23.4 Å². The standard InChI is InChI=1S/C12H15ClN2OS/c1-6-2-3-7-8(4-6)17-12-10(7)11(16)14-9(5-13)15-12/h6-8H,2-5H2,1H3,(H,14,15,16)/t6-,7+,8+/m1/s1. The number of thioether (sulfide) groups is 1. The molecule has 1 aromatic heterocycles. The van der Waals surface area contributed by atoms with Crippen molar-refractivity contribution in [2.45, 2.75) is 48.3 Å². The first kappa shape index (κ1) is 11.6. The molecular weight excluding hydrogens is 256 g/mol. The van der Waals surface area contributed by atoms with Gasteiger partial charge in [0.15, 0.2) is 0 Å². The highest BCUT2D eigenvalue weighted by Gasteiger charge is 2.40. The van der Waals surface area contributed by atoms with E-state index in [4.69, 9.17) is 11.6 Å². The number of H-pyrrole nitrogens is 1. The van der Waals surface area contributed by atoms with Gasteiger partial charge in [-0.1, -0.05) is 13.3 Å². The van der Waals surface area contributed by atoms with E-state index in [1.54, 1.807) is 11.8 Å². The number of rotatable bonds is 1. The van der Waals surface area contributed by atoms with Gasteiger partial charge in [0.2, 0.25) is 0 Å². The minimum Gasteiger partial charge on any atom is -0.309 e. The van der Waals surface area contributed by atoms with Gasteiger partial charge in [0.1, 0.15) is 10.9 Å². The second-order valence-electron chi connectivity index (χ2n) is 5.05. The molecule has 0 spiro atoms. The summed E-state index contributed by atoms with van der Waals surface area (Å²) in [6, 6.07) is 0. The Kier molecular flexibility index (Phi) is 2.95. The first-order valence-electron chi connectivity index (χ1n) is 6.04. The quantitative estimate of drug-likeness (QED) is 0.630. The van der Waals surface area contributed by atoms with Crippen molar-refractivity contribution in [3.05, 3.63) is 21.7 Å². The highest BCUT2D eigenvalue weighted by atomic mass is 35.5. The first-order chi connectivity index (χ1) is 8.19. The summed E-state index contributed by atoms with van der Waals surface area (Å²) in [6.07, 6.45) is 3.54. The second-order valence-corrected chi connectivity index (χ2v) is 6.54. The van der Waals surface area contributed by atoms with E-state index in [0.717, 1.165) is 22.9 Å². The lowest BCUT2D eigenvalue weighted by Crippen LogP contribution is -2.25. The van der Waals surface area contributed by atoms with E-state index in [1.165, 1.54) is 12.8 Å². The molecule has 1 aliphatic heterocycles. The Morgan fingerprint density at radius 1 is 1.53 bits per heavy atom. The molecule has 0 radical (unpaired) electrons. The van der Waals surface area contributed by atoms with Crippen LogP contribution < -0.4 is 5.56 Å². The average Bonchev–Trinajstić information content (AvgIpc) is 2.66. The predicted molar refractivity (Wildman–Crippen MR) is 69.8 cm³/mol. The average molecular weight is 271 g/mol. The van der Waals surface area contributed by atoms with Gasteiger partial charge in [-0.05, 0) is 18.8 Å². The van der Waals surface area contributed by atoms with Gasteiger partial charge >= 0.3 is 0 Å². The molecule has 0 amide bonds. The minimum absolute atomic E-state index is 0.0280. The van der Waals surface area contributed by atoms with E-state index in [0.29, 0.717) is 17.0 Å². The van der Waals surface area contributed by atoms with Crippen LogP contribution in [-0.2, 0) is 5.88 Å². The fourth-order valence-corrected chi connectivity index (χ4v) is 4.73. The third-order valence-electron chi connectivity index (χ3n) is 3.78. The molecule has 1 aromatic rings. The van der Waals surface area contributed by atoms with Crippen molar-refractivity contribution in [3.63, 3.8) is 0 Å². The highest BCUT2D eigenvalue weighted by molar-refractivity contribution is 8.00. The molecule has 2 heterocycles. The number of aromatic nitrogens is 2. The fourth-order valence-electron chi connectivity index (χ4n) is 2.92. The zero-order chi connectivity index (χ0) is 12.0. The van der Waals surface area contributed by atoms with E-state index in [2.05, 4.69) is 16.9 Å². The molecule has 1 fully saturated rings. The Morgan fingerprint density at radius 2 is 2.35 bits per heavy atom. The van der Waals surface area contributed by atoms with Crippen LogP contribution in [0.2, 0.25) is 0 Å². The summed E-state index contributed by atoms with van der Waals surface area (Å²) < 4.78 is 0. The Labute approximate surface area is 109 Å². The summed E-state index contributed by atoms with van der Waals surface area (Å²) in [7, 11) is 0. The van der Waals surface area contributed by atoms with Gasteiger partial charge in [0.25, 0.3) is 5.56 Å². The molecule has 92 valence electrons. The lowest BCUT2D eigenvalue weighted by molar-refractivity contribution is 0.359. The van der Waals surface area contributed by atoms with Crippen molar-refractivity contribution in [2.75, 3.05) is 0 Å². The highest BCUT2D eigenvalue weighted by Crippen LogP contribution is 2.50. The zero-order valence-electron chi connectivity index (χ0n) is 9.70. The molecule has 0 saturated heterocycles. The van der Waals surface area contributed by atoms with Gasteiger partial charge in [0, 0.05) is 11.2 Å². The van der Waals surface area contributed by atoms with Gasteiger partial charge in [0.05, 0.1) is 11.4 Å². The molecule has 3 rings (SSSR count). The van der Waals surface area contributed by atoms with E-state index in [1.807, 2.05) is 0 Å². The van der Waals surface area contributed by atoms with E-state index < -0.39 is 0 Å². The molecule has 3 nitrogen and oxygen atoms in total. The number of nitrogens with zero attached hydrogens (tertiary/aromatic N) is 1. The topological polar surface area (TPSA) is 45.8 Å². The predicted octanol–water partition coefficient (Wildman–Crippen LogP) is 2.89. The molecule has 0 unspecified atom stereocenters. The third kappa shape index (κ3) is 1.91. The maximum Gasteiger partial charge on any atom is 0.255 e. The van der Waals surface area contributed by atoms with Crippen LogP contribution in [0, 0.1) is 5.92 Å². The van der Waals surface area contributed by atoms with Crippen LogP contribution in [0.3, 0.4) is 0 Å². The summed E-state index contributed by atoms with van der Waals surface area (Å²) in [6.45, 7) is 2.29. The number of fused-ring (bicyclic) bond motifs is 3. The number of halogens is 1. The summed E-state index contributed by atoms with van der Waals surface area (Å²) in [5.41, 5.74) is 0.945. The van der Waals surface area contributed by atoms with Gasteiger partial charge in [-0.2, -0.15) is 0 Å². The van der Waals surface area contributed by atoms with E-state index in [-0.39, 0.29) is 11.4 Å². The van der Waals surface area contributed by atoms with Crippen LogP contribution in [0.1, 0.15) is 43.5 Å². The maximum atomic E-state index is 12.1. The molecule has 0 bridgehead atoms. The van der Waals surface area contributed by atoms with Crippen LogP contribution in [0.15, 0.2) is 9.82 Å². The van der Waals surface area contributed by atoms with Crippen LogP contribution in [0.5, 0.6) is 0 Å². The molecule has 0 aromatic carbocycles. The van der Waals surface area contributed by atoms with Gasteiger partial charge in [-0.15, -0.1) is 23.4 Å². The number of hydrogen-bond donors (Lipinski definition) is 1. The maximum absolute atomic E-state index is 12.1. The lowest BCUT2D eigenvalue weighted by atomic mass is 9.80. The Bertz CT molecular complexity index is 502. The van der Waals surface area contributed by atoms with Gasteiger partial charge in [-0.25, -0.2) is 4.98 Å². The van der Waals surface area contributed by atoms with Crippen LogP contribution in [0.4, 0.5) is 0 Å². The van der Waals surface area contributed by atoms with Crippen molar-refractivity contribution in [3.8, 4) is 0 Å². The number of alkyl halides is 1. The molecule has 1 aliphatic carbocycles. The number of hydrogen-bond acceptors (Lipinski definition) is 3. The molecule has 3 atom stereocenters. The van der Waals surface area contributed by atoms with Crippen molar-refractivity contribution in [1.82, 2.24) is 9.97 Å². The van der Waals surface area contributed by atoms with Crippen LogP contribution >= 0.6 is 23.4 Å². The second kappa shape index (κ2) is 4.32. The molecule has 5 heteroatoms. The number of nitrogens with one attached hydrogen (secondary N) is 1. The van der Waals surface area contributed by atoms with E-state index in [9.17, 15) is 4.79 Å². The molecule has 1 saturated carbocycles. The summed E-state index contributed by atoms with van der Waals surface area (Å²) in [5.74, 6) is 2.04. The normalized spacial score (nSPS) is 31.1. The lowest BCUT2D eigenvalue weighted by Gasteiger charge is -2.28. The number of aromatic amines is 1. The zero-order valence-corrected chi connectivity index (χ0v) is 11.3. The molecule has 1 N–H and O–H groups in total. The SMILES string of the molecule is C[C@@H]1CC[C@@H]2c3c(nc(CCl)[nH]c3=O)S[C@H]2C1. The minimum atomic E-state index is 0.0280. The van der Waals surface area contributed by atoms with Crippen molar-refractivity contribution in [2.24, 2.45) is 5.92 Å². The Morgan fingerprint density at radius 3 is 3.12 bits per heavy atom. The van der Waals surface area contributed by atoms with Gasteiger partial charge in [-0.3, -0.25) is 4.79 Å². The monoisotopic (exact) mass is 270 g/mol. The third-order valence-corrected chi connectivity index (χ3v) is 5.40. The van der Waals surface area contributed by atoms with Crippen LogP contribution in [-0.4, -0.2) is 15.2 Å². The smallest absolute Gasteiger partial charge is 0.255 e. The van der Waals surface area contributed by atoms with Crippen LogP contribution in [0.25, 0.3) is 0 Å². The van der Waals surface area contributed by atoms with Crippen molar-refractivity contribution < 1.29 is 0 Å². The van der Waals surface area contributed by atoms with Gasteiger partial charge < -0.3 is 4.98 Å². The first-order valence-corrected chi connectivity index (χ1v) is 7.46. The van der Waals surface area contributed by atoms with Crippen molar-refractivity contribution in [1.29, 1.82) is 0 Å². The summed E-state index contributed by atoms with van der Waals surface area (Å²) >= 11 is 7.51. The van der Waals surface area contributed by atoms with E-state index >= 15 is 0 Å². The molecule has 17 heavy (non-hydrogen) atoms. The largest absolute Gasteiger partial charge is 0.309 e. The summed E-state index contributed by atoms with van der Waals surface area (Å²) in [5, 5.41) is 1.47. The molecule has 2 aliphatic rings. The Balaban J connectivity index is 2.02. The summed E-state index contributed by atoms with van der Waals surface area (Å²) in [4.78, 5) is 19.3. The molecular formula is C12H15ClN2OS. The fraction of sp³-hybridized carbons (Fsp3) is 0.667.